The highest BCUT2D eigenvalue weighted by Crippen LogP contribution is 2.36. The molecule has 0 fully saturated rings. The van der Waals surface area contributed by atoms with Crippen LogP contribution in [0.2, 0.25) is 15.1 Å². The topological polar surface area (TPSA) is 61.4 Å². The first-order chi connectivity index (χ1) is 10.5. The van der Waals surface area contributed by atoms with Crippen molar-refractivity contribution < 1.29 is 9.90 Å². The zero-order valence-electron chi connectivity index (χ0n) is 11.4. The third-order valence-electron chi connectivity index (χ3n) is 2.84. The Morgan fingerprint density at radius 2 is 1.73 bits per heavy atom. The number of halogens is 3. The van der Waals surface area contributed by atoms with E-state index in [0.29, 0.717) is 32.0 Å². The highest BCUT2D eigenvalue weighted by molar-refractivity contribution is 6.41. The first-order valence-electron chi connectivity index (χ1n) is 6.42. The van der Waals surface area contributed by atoms with Gasteiger partial charge in [0.15, 0.2) is 0 Å². The average Bonchev–Trinajstić information content (AvgIpc) is 2.48. The van der Waals surface area contributed by atoms with E-state index in [2.05, 4.69) is 10.6 Å². The Morgan fingerprint density at radius 3 is 2.36 bits per heavy atom. The summed E-state index contributed by atoms with van der Waals surface area (Å²) >= 11 is 18.2. The highest BCUT2D eigenvalue weighted by atomic mass is 35.5. The second-order valence-electron chi connectivity index (χ2n) is 4.39. The number of rotatable bonds is 5. The van der Waals surface area contributed by atoms with Gasteiger partial charge in [-0.25, -0.2) is 0 Å². The summed E-state index contributed by atoms with van der Waals surface area (Å²) in [5.41, 5.74) is 1.43. The van der Waals surface area contributed by atoms with Gasteiger partial charge in [-0.15, -0.1) is 0 Å². The number of benzene rings is 2. The van der Waals surface area contributed by atoms with E-state index in [1.807, 2.05) is 0 Å². The first kappa shape index (κ1) is 16.9. The predicted molar refractivity (Wildman–Crippen MR) is 90.6 cm³/mol. The maximum absolute atomic E-state index is 12.1. The van der Waals surface area contributed by atoms with Crippen molar-refractivity contribution in [3.8, 4) is 0 Å². The van der Waals surface area contributed by atoms with Crippen molar-refractivity contribution in [1.82, 2.24) is 5.32 Å². The maximum Gasteiger partial charge on any atom is 0.253 e. The van der Waals surface area contributed by atoms with E-state index in [4.69, 9.17) is 39.9 Å². The Hall–Kier alpha value is -1.46. The Morgan fingerprint density at radius 1 is 1.09 bits per heavy atom. The van der Waals surface area contributed by atoms with Crippen molar-refractivity contribution in [2.24, 2.45) is 0 Å². The van der Waals surface area contributed by atoms with E-state index in [9.17, 15) is 4.79 Å². The number of anilines is 2. The molecule has 3 N–H and O–H groups in total. The van der Waals surface area contributed by atoms with E-state index in [1.165, 1.54) is 0 Å². The maximum atomic E-state index is 12.1. The molecule has 0 aliphatic heterocycles. The fraction of sp³-hybridized carbons (Fsp3) is 0.133. The fourth-order valence-corrected chi connectivity index (χ4v) is 2.76. The molecule has 0 saturated heterocycles. The van der Waals surface area contributed by atoms with Gasteiger partial charge >= 0.3 is 0 Å². The smallest absolute Gasteiger partial charge is 0.253 e. The van der Waals surface area contributed by atoms with Gasteiger partial charge in [0, 0.05) is 11.6 Å². The molecule has 4 nitrogen and oxygen atoms in total. The molecule has 1 amide bonds. The van der Waals surface area contributed by atoms with Crippen LogP contribution < -0.4 is 10.6 Å². The second kappa shape index (κ2) is 7.70. The van der Waals surface area contributed by atoms with Gasteiger partial charge in [0.25, 0.3) is 5.91 Å². The van der Waals surface area contributed by atoms with E-state index in [1.54, 1.807) is 36.4 Å². The highest BCUT2D eigenvalue weighted by Gasteiger charge is 2.14. The molecule has 0 radical (unpaired) electrons. The zero-order chi connectivity index (χ0) is 16.1. The van der Waals surface area contributed by atoms with Gasteiger partial charge in [0.2, 0.25) is 0 Å². The number of carbonyl (C=O) groups excluding carboxylic acids is 1. The van der Waals surface area contributed by atoms with E-state index >= 15 is 0 Å². The molecule has 22 heavy (non-hydrogen) atoms. The molecule has 0 bridgehead atoms. The molecular formula is C15H13Cl3N2O2. The van der Waals surface area contributed by atoms with Crippen LogP contribution in [0.3, 0.4) is 0 Å². The van der Waals surface area contributed by atoms with E-state index < -0.39 is 0 Å². The predicted octanol–water partition coefficient (Wildman–Crippen LogP) is 4.11. The average molecular weight is 360 g/mol. The largest absolute Gasteiger partial charge is 0.395 e. The number of aliphatic hydroxyl groups excluding tert-OH is 1. The first-order valence-corrected chi connectivity index (χ1v) is 7.56. The van der Waals surface area contributed by atoms with Crippen LogP contribution in [0.5, 0.6) is 0 Å². The van der Waals surface area contributed by atoms with Crippen LogP contribution in [0.4, 0.5) is 11.4 Å². The number of nitrogens with one attached hydrogen (secondary N) is 2. The van der Waals surface area contributed by atoms with Gasteiger partial charge in [0.05, 0.1) is 33.6 Å². The van der Waals surface area contributed by atoms with E-state index in [0.717, 1.165) is 0 Å². The van der Waals surface area contributed by atoms with Gasteiger partial charge in [0.1, 0.15) is 0 Å². The summed E-state index contributed by atoms with van der Waals surface area (Å²) in [6, 6.07) is 10.0. The van der Waals surface area contributed by atoms with Crippen LogP contribution in [-0.2, 0) is 0 Å². The SMILES string of the molecule is O=C(NCCO)c1ccccc1Nc1c(Cl)cc(Cl)cc1Cl. The minimum Gasteiger partial charge on any atom is -0.395 e. The van der Waals surface area contributed by atoms with Crippen LogP contribution in [0.25, 0.3) is 0 Å². The molecule has 2 aromatic rings. The summed E-state index contributed by atoms with van der Waals surface area (Å²) in [6.07, 6.45) is 0. The Bertz CT molecular complexity index is 669. The molecule has 2 rings (SSSR count). The lowest BCUT2D eigenvalue weighted by Crippen LogP contribution is -2.26. The zero-order valence-corrected chi connectivity index (χ0v) is 13.6. The van der Waals surface area contributed by atoms with Crippen LogP contribution in [-0.4, -0.2) is 24.2 Å². The molecule has 116 valence electrons. The summed E-state index contributed by atoms with van der Waals surface area (Å²) in [6.45, 7) is 0.0474. The molecule has 0 spiro atoms. The molecule has 2 aromatic carbocycles. The lowest BCUT2D eigenvalue weighted by molar-refractivity contribution is 0.0945. The van der Waals surface area contributed by atoms with Gasteiger partial charge in [-0.05, 0) is 24.3 Å². The van der Waals surface area contributed by atoms with Gasteiger partial charge in [-0.3, -0.25) is 4.79 Å². The third kappa shape index (κ3) is 4.05. The Kier molecular flexibility index (Phi) is 5.91. The number of hydrogen-bond donors (Lipinski definition) is 3. The summed E-state index contributed by atoms with van der Waals surface area (Å²) in [5.74, 6) is -0.307. The monoisotopic (exact) mass is 358 g/mol. The molecule has 0 aromatic heterocycles. The molecule has 0 unspecified atom stereocenters. The lowest BCUT2D eigenvalue weighted by Gasteiger charge is -2.14. The van der Waals surface area contributed by atoms with Crippen molar-refractivity contribution in [3.05, 3.63) is 57.0 Å². The Balaban J connectivity index is 2.33. The molecule has 0 atom stereocenters. The Labute approximate surface area is 143 Å². The van der Waals surface area contributed by atoms with Crippen molar-refractivity contribution >= 4 is 52.1 Å². The van der Waals surface area contributed by atoms with Crippen molar-refractivity contribution in [3.63, 3.8) is 0 Å². The minimum atomic E-state index is -0.307. The normalized spacial score (nSPS) is 10.4. The molecule has 0 heterocycles. The summed E-state index contributed by atoms with van der Waals surface area (Å²) < 4.78 is 0. The molecule has 0 saturated carbocycles. The van der Waals surface area contributed by atoms with Crippen LogP contribution in [0.15, 0.2) is 36.4 Å². The summed E-state index contributed by atoms with van der Waals surface area (Å²) in [7, 11) is 0. The second-order valence-corrected chi connectivity index (χ2v) is 5.65. The van der Waals surface area contributed by atoms with Crippen molar-refractivity contribution in [2.45, 2.75) is 0 Å². The number of hydrogen-bond acceptors (Lipinski definition) is 3. The molecule has 0 aliphatic rings. The van der Waals surface area contributed by atoms with Crippen molar-refractivity contribution in [2.75, 3.05) is 18.5 Å². The summed E-state index contributed by atoms with van der Waals surface area (Å²) in [5, 5.41) is 15.6. The van der Waals surface area contributed by atoms with E-state index in [-0.39, 0.29) is 19.1 Å². The lowest BCUT2D eigenvalue weighted by atomic mass is 10.1. The molecular weight excluding hydrogens is 347 g/mol. The van der Waals surface area contributed by atoms with Crippen LogP contribution in [0.1, 0.15) is 10.4 Å². The number of para-hydroxylation sites is 1. The third-order valence-corrected chi connectivity index (χ3v) is 3.65. The minimum absolute atomic E-state index is 0.129. The fourth-order valence-electron chi connectivity index (χ4n) is 1.85. The number of carbonyl (C=O) groups is 1. The molecule has 0 aliphatic carbocycles. The van der Waals surface area contributed by atoms with Crippen LogP contribution in [0, 0.1) is 0 Å². The van der Waals surface area contributed by atoms with Crippen LogP contribution >= 0.6 is 34.8 Å². The van der Waals surface area contributed by atoms with Gasteiger partial charge < -0.3 is 15.7 Å². The standard InChI is InChI=1S/C15H13Cl3N2O2/c16-9-7-11(17)14(12(18)8-9)20-13-4-2-1-3-10(13)15(22)19-5-6-21/h1-4,7-8,20-21H,5-6H2,(H,19,22). The van der Waals surface area contributed by atoms with Gasteiger partial charge in [-0.1, -0.05) is 46.9 Å². The van der Waals surface area contributed by atoms with Gasteiger partial charge in [-0.2, -0.15) is 0 Å². The number of amides is 1. The van der Waals surface area contributed by atoms with Crippen molar-refractivity contribution in [1.29, 1.82) is 0 Å². The quantitative estimate of drug-likeness (QED) is 0.753. The number of aliphatic hydroxyl groups is 1. The summed E-state index contributed by atoms with van der Waals surface area (Å²) in [4.78, 5) is 12.1. The molecule has 7 heteroatoms.